The first-order valence-electron chi connectivity index (χ1n) is 8.38. The number of halogens is 2. The van der Waals surface area contributed by atoms with Gasteiger partial charge in [0.25, 0.3) is 5.91 Å². The third kappa shape index (κ3) is 3.68. The number of ketones is 1. The average Bonchev–Trinajstić information content (AvgIpc) is 2.60. The Morgan fingerprint density at radius 3 is 2.48 bits per heavy atom. The second-order valence-electron chi connectivity index (χ2n) is 7.04. The number of ether oxygens (including phenoxy) is 1. The number of Topliss-reactive ketones (excluding diaryl/α,β-unsaturated/α-hetero) is 1. The van der Waals surface area contributed by atoms with Crippen LogP contribution in [0.15, 0.2) is 36.4 Å². The van der Waals surface area contributed by atoms with E-state index in [0.717, 1.165) is 6.07 Å². The maximum Gasteiger partial charge on any atom is 0.251 e. The molecule has 2 aromatic carbocycles. The van der Waals surface area contributed by atoms with Gasteiger partial charge in [-0.15, -0.1) is 0 Å². The summed E-state index contributed by atoms with van der Waals surface area (Å²) < 4.78 is 19.2. The van der Waals surface area contributed by atoms with Gasteiger partial charge in [-0.05, 0) is 57.2 Å². The lowest BCUT2D eigenvalue weighted by Crippen LogP contribution is -2.53. The number of hydrogen-bond acceptors (Lipinski definition) is 4. The Hall–Kier alpha value is -2.44. The van der Waals surface area contributed by atoms with Crippen molar-refractivity contribution in [3.63, 3.8) is 0 Å². The molecular formula is C20H19ClFNO4. The number of nitrogens with one attached hydrogen (secondary N) is 1. The van der Waals surface area contributed by atoms with Crippen LogP contribution in [0.5, 0.6) is 5.75 Å². The van der Waals surface area contributed by atoms with Crippen molar-refractivity contribution in [1.82, 2.24) is 5.32 Å². The summed E-state index contributed by atoms with van der Waals surface area (Å²) in [6.45, 7) is 4.83. The van der Waals surface area contributed by atoms with Crippen molar-refractivity contribution in [3.8, 4) is 5.75 Å². The lowest BCUT2D eigenvalue weighted by Gasteiger charge is -2.42. The van der Waals surface area contributed by atoms with Crippen LogP contribution in [0.25, 0.3) is 0 Å². The third-order valence-electron chi connectivity index (χ3n) is 4.62. The lowest BCUT2D eigenvalue weighted by atomic mass is 9.85. The van der Waals surface area contributed by atoms with Crippen molar-refractivity contribution in [1.29, 1.82) is 0 Å². The fourth-order valence-corrected chi connectivity index (χ4v) is 3.22. The number of amides is 1. The number of aliphatic hydroxyl groups is 1. The van der Waals surface area contributed by atoms with E-state index in [2.05, 4.69) is 5.32 Å². The standard InChI is InChI=1S/C20H19ClFNO4/c1-10(24)11-5-7-16-13(8-11)17(18(25)20(2,3)27-16)23-19(26)12-4-6-15(22)14(21)9-12/h4-9,17-18,25H,1-3H3,(H,23,26)/t17-,18+/m0/s1. The molecule has 2 aromatic rings. The van der Waals surface area contributed by atoms with Crippen LogP contribution in [0, 0.1) is 5.82 Å². The summed E-state index contributed by atoms with van der Waals surface area (Å²) in [6.07, 6.45) is -1.08. The molecule has 1 aliphatic heterocycles. The molecule has 0 spiro atoms. The van der Waals surface area contributed by atoms with Gasteiger partial charge >= 0.3 is 0 Å². The third-order valence-corrected chi connectivity index (χ3v) is 4.91. The zero-order valence-corrected chi connectivity index (χ0v) is 15.8. The maximum atomic E-state index is 13.3. The summed E-state index contributed by atoms with van der Waals surface area (Å²) >= 11 is 5.75. The Bertz CT molecular complexity index is 928. The second-order valence-corrected chi connectivity index (χ2v) is 7.45. The maximum absolute atomic E-state index is 13.3. The number of rotatable bonds is 3. The minimum Gasteiger partial charge on any atom is -0.485 e. The van der Waals surface area contributed by atoms with E-state index in [0.29, 0.717) is 16.9 Å². The highest BCUT2D eigenvalue weighted by Gasteiger charge is 2.43. The molecule has 0 bridgehead atoms. The van der Waals surface area contributed by atoms with Gasteiger partial charge in [-0.1, -0.05) is 11.6 Å². The zero-order valence-electron chi connectivity index (χ0n) is 15.0. The van der Waals surface area contributed by atoms with Crippen LogP contribution in [-0.4, -0.2) is 28.5 Å². The first-order valence-corrected chi connectivity index (χ1v) is 8.76. The quantitative estimate of drug-likeness (QED) is 0.782. The van der Waals surface area contributed by atoms with Crippen LogP contribution in [0.3, 0.4) is 0 Å². The van der Waals surface area contributed by atoms with Crippen molar-refractivity contribution in [2.45, 2.75) is 38.5 Å². The van der Waals surface area contributed by atoms with Crippen LogP contribution in [0.1, 0.15) is 53.1 Å². The lowest BCUT2D eigenvalue weighted by molar-refractivity contribution is -0.0627. The molecule has 0 fully saturated rings. The molecule has 0 saturated carbocycles. The Kier molecular flexibility index (Phi) is 4.97. The fraction of sp³-hybridized carbons (Fsp3) is 0.300. The first kappa shape index (κ1) is 19.3. The fourth-order valence-electron chi connectivity index (χ4n) is 3.04. The van der Waals surface area contributed by atoms with E-state index in [1.54, 1.807) is 32.0 Å². The largest absolute Gasteiger partial charge is 0.485 e. The van der Waals surface area contributed by atoms with Crippen LogP contribution < -0.4 is 10.1 Å². The summed E-state index contributed by atoms with van der Waals surface area (Å²) in [5.41, 5.74) is 0.120. The van der Waals surface area contributed by atoms with Gasteiger partial charge in [0.1, 0.15) is 23.3 Å². The molecule has 142 valence electrons. The van der Waals surface area contributed by atoms with Gasteiger partial charge in [0, 0.05) is 16.7 Å². The first-order chi connectivity index (χ1) is 12.6. The number of carbonyl (C=O) groups is 2. The number of carbonyl (C=O) groups excluding carboxylic acids is 2. The van der Waals surface area contributed by atoms with Crippen LogP contribution in [0.2, 0.25) is 5.02 Å². The SMILES string of the molecule is CC(=O)c1ccc2c(c1)[C@H](NC(=O)c1ccc(F)c(Cl)c1)[C@@H](O)C(C)(C)O2. The monoisotopic (exact) mass is 391 g/mol. The molecule has 0 saturated heterocycles. The molecule has 5 nitrogen and oxygen atoms in total. The normalized spacial score (nSPS) is 20.4. The van der Waals surface area contributed by atoms with Crippen molar-refractivity contribution in [2.24, 2.45) is 0 Å². The van der Waals surface area contributed by atoms with Gasteiger partial charge in [0.15, 0.2) is 5.78 Å². The summed E-state index contributed by atoms with van der Waals surface area (Å²) in [6, 6.07) is 7.68. The van der Waals surface area contributed by atoms with Gasteiger partial charge in [0.2, 0.25) is 0 Å². The number of fused-ring (bicyclic) bond motifs is 1. The molecule has 0 radical (unpaired) electrons. The summed E-state index contributed by atoms with van der Waals surface area (Å²) in [5, 5.41) is 13.3. The molecule has 1 aliphatic rings. The van der Waals surface area contributed by atoms with E-state index in [1.807, 2.05) is 0 Å². The van der Waals surface area contributed by atoms with Crippen molar-refractivity contribution in [2.75, 3.05) is 0 Å². The van der Waals surface area contributed by atoms with E-state index in [4.69, 9.17) is 16.3 Å². The molecule has 2 atom stereocenters. The number of hydrogen-bond donors (Lipinski definition) is 2. The molecule has 0 aromatic heterocycles. The highest BCUT2D eigenvalue weighted by Crippen LogP contribution is 2.40. The Morgan fingerprint density at radius 1 is 1.19 bits per heavy atom. The van der Waals surface area contributed by atoms with E-state index >= 15 is 0 Å². The predicted octanol–water partition coefficient (Wildman–Crippen LogP) is 3.68. The molecule has 0 unspecified atom stereocenters. The summed E-state index contributed by atoms with van der Waals surface area (Å²) in [7, 11) is 0. The molecule has 27 heavy (non-hydrogen) atoms. The van der Waals surface area contributed by atoms with Gasteiger partial charge in [-0.25, -0.2) is 4.39 Å². The average molecular weight is 392 g/mol. The molecule has 1 heterocycles. The summed E-state index contributed by atoms with van der Waals surface area (Å²) in [5.74, 6) is -0.833. The highest BCUT2D eigenvalue weighted by molar-refractivity contribution is 6.31. The number of benzene rings is 2. The van der Waals surface area contributed by atoms with E-state index < -0.39 is 29.5 Å². The molecule has 3 rings (SSSR count). The van der Waals surface area contributed by atoms with E-state index in [-0.39, 0.29) is 16.4 Å². The van der Waals surface area contributed by atoms with Gasteiger partial charge in [-0.2, -0.15) is 0 Å². The Balaban J connectivity index is 2.00. The van der Waals surface area contributed by atoms with Crippen molar-refractivity contribution >= 4 is 23.3 Å². The van der Waals surface area contributed by atoms with E-state index in [9.17, 15) is 19.1 Å². The minimum absolute atomic E-state index is 0.146. The van der Waals surface area contributed by atoms with Gasteiger partial charge in [-0.3, -0.25) is 9.59 Å². The predicted molar refractivity (Wildman–Crippen MR) is 98.8 cm³/mol. The topological polar surface area (TPSA) is 75.6 Å². The van der Waals surface area contributed by atoms with Crippen LogP contribution in [-0.2, 0) is 0 Å². The molecule has 1 amide bonds. The molecule has 0 aliphatic carbocycles. The van der Waals surface area contributed by atoms with Crippen LogP contribution in [0.4, 0.5) is 4.39 Å². The summed E-state index contributed by atoms with van der Waals surface area (Å²) in [4.78, 5) is 24.4. The smallest absolute Gasteiger partial charge is 0.251 e. The molecular weight excluding hydrogens is 373 g/mol. The van der Waals surface area contributed by atoms with Gasteiger partial charge < -0.3 is 15.2 Å². The second kappa shape index (κ2) is 6.94. The Morgan fingerprint density at radius 2 is 1.85 bits per heavy atom. The number of aliphatic hydroxyl groups excluding tert-OH is 1. The van der Waals surface area contributed by atoms with Crippen molar-refractivity contribution < 1.29 is 23.8 Å². The highest BCUT2D eigenvalue weighted by atomic mass is 35.5. The van der Waals surface area contributed by atoms with Gasteiger partial charge in [0.05, 0.1) is 11.1 Å². The van der Waals surface area contributed by atoms with Crippen LogP contribution >= 0.6 is 11.6 Å². The molecule has 7 heteroatoms. The Labute approximate surface area is 161 Å². The minimum atomic E-state index is -1.08. The van der Waals surface area contributed by atoms with Crippen molar-refractivity contribution in [3.05, 3.63) is 63.9 Å². The molecule has 2 N–H and O–H groups in total. The van der Waals surface area contributed by atoms with E-state index in [1.165, 1.54) is 19.1 Å². The zero-order chi connectivity index (χ0) is 19.9.